The summed E-state index contributed by atoms with van der Waals surface area (Å²) in [5.41, 5.74) is 11.9. The highest BCUT2D eigenvalue weighted by Gasteiger charge is 2.57. The molecule has 5 N–H and O–H groups in total. The van der Waals surface area contributed by atoms with Crippen LogP contribution in [0.15, 0.2) is 23.1 Å². The highest BCUT2D eigenvalue weighted by molar-refractivity contribution is 5.89. The Bertz CT molecular complexity index is 1120. The van der Waals surface area contributed by atoms with Crippen molar-refractivity contribution in [3.05, 3.63) is 28.8 Å². The molecule has 3 amide bonds. The van der Waals surface area contributed by atoms with Gasteiger partial charge in [-0.1, -0.05) is 6.08 Å². The maximum absolute atomic E-state index is 12.7. The Morgan fingerprint density at radius 3 is 2.53 bits per heavy atom. The van der Waals surface area contributed by atoms with Crippen LogP contribution in [0.1, 0.15) is 39.5 Å². The van der Waals surface area contributed by atoms with E-state index >= 15 is 0 Å². The number of urea groups is 1. The number of nitrogens with two attached hydrogens (primary N) is 2. The average molecular weight is 499 g/mol. The SMILES string of the molecule is CC(C)(N)C(=O)N1CCN(C(=O)Nc2ccn(C3=CCC(CN4CC5CC5(N)C4)CC3)c(=O)n2)CC1. The van der Waals surface area contributed by atoms with E-state index in [0.29, 0.717) is 38.0 Å². The number of amides is 3. The van der Waals surface area contributed by atoms with E-state index in [0.717, 1.165) is 44.6 Å². The molecule has 5 rings (SSSR count). The molecule has 0 spiro atoms. The Labute approximate surface area is 211 Å². The van der Waals surface area contributed by atoms with E-state index in [1.165, 1.54) is 6.42 Å². The van der Waals surface area contributed by atoms with E-state index in [9.17, 15) is 14.4 Å². The van der Waals surface area contributed by atoms with E-state index in [2.05, 4.69) is 21.3 Å². The minimum absolute atomic E-state index is 0.0842. The molecular formula is C25H38N8O3. The zero-order chi connectivity index (χ0) is 25.7. The molecule has 4 aliphatic rings. The quantitative estimate of drug-likeness (QED) is 0.531. The molecule has 1 saturated carbocycles. The Kier molecular flexibility index (Phi) is 6.42. The number of nitrogens with zero attached hydrogens (tertiary/aromatic N) is 5. The van der Waals surface area contributed by atoms with Gasteiger partial charge in [-0.15, -0.1) is 0 Å². The predicted molar refractivity (Wildman–Crippen MR) is 137 cm³/mol. The molecule has 11 heteroatoms. The monoisotopic (exact) mass is 498 g/mol. The minimum Gasteiger partial charge on any atom is -0.338 e. The summed E-state index contributed by atoms with van der Waals surface area (Å²) in [6, 6.07) is 1.32. The van der Waals surface area contributed by atoms with Crippen molar-refractivity contribution in [1.82, 2.24) is 24.3 Å². The molecule has 2 saturated heterocycles. The first-order valence-corrected chi connectivity index (χ1v) is 13.0. The second kappa shape index (κ2) is 9.28. The molecule has 3 fully saturated rings. The number of aromatic nitrogens is 2. The lowest BCUT2D eigenvalue weighted by molar-refractivity contribution is -0.137. The van der Waals surface area contributed by atoms with E-state index < -0.39 is 11.2 Å². The molecule has 0 bridgehead atoms. The van der Waals surface area contributed by atoms with Gasteiger partial charge in [0.05, 0.1) is 5.54 Å². The smallest absolute Gasteiger partial charge is 0.338 e. The Hall–Kier alpha value is -2.76. The van der Waals surface area contributed by atoms with Crippen LogP contribution < -0.4 is 22.5 Å². The molecule has 196 valence electrons. The summed E-state index contributed by atoms with van der Waals surface area (Å²) in [6.07, 6.45) is 7.80. The van der Waals surface area contributed by atoms with Gasteiger partial charge in [0, 0.05) is 63.2 Å². The number of rotatable bonds is 5. The summed E-state index contributed by atoms with van der Waals surface area (Å²) in [5.74, 6) is 1.37. The Morgan fingerprint density at radius 1 is 1.22 bits per heavy atom. The summed E-state index contributed by atoms with van der Waals surface area (Å²) >= 11 is 0. The molecule has 2 aliphatic heterocycles. The van der Waals surface area contributed by atoms with Crippen molar-refractivity contribution in [1.29, 1.82) is 0 Å². The number of hydrogen-bond donors (Lipinski definition) is 3. The number of allylic oxidation sites excluding steroid dienone is 2. The van der Waals surface area contributed by atoms with Crippen LogP contribution in [0.3, 0.4) is 0 Å². The fraction of sp³-hybridized carbons (Fsp3) is 0.680. The highest BCUT2D eigenvalue weighted by atomic mass is 16.2. The first-order chi connectivity index (χ1) is 17.0. The summed E-state index contributed by atoms with van der Waals surface area (Å²) in [7, 11) is 0. The summed E-state index contributed by atoms with van der Waals surface area (Å²) in [4.78, 5) is 47.6. The van der Waals surface area contributed by atoms with E-state index in [1.807, 2.05) is 0 Å². The normalized spacial score (nSPS) is 28.5. The van der Waals surface area contributed by atoms with Crippen molar-refractivity contribution < 1.29 is 9.59 Å². The molecule has 3 unspecified atom stereocenters. The Morgan fingerprint density at radius 2 is 1.94 bits per heavy atom. The molecule has 11 nitrogen and oxygen atoms in total. The number of likely N-dealkylation sites (tertiary alicyclic amines) is 1. The first kappa shape index (κ1) is 24.9. The summed E-state index contributed by atoms with van der Waals surface area (Å²) in [5, 5.41) is 2.71. The van der Waals surface area contributed by atoms with Crippen molar-refractivity contribution in [2.24, 2.45) is 23.3 Å². The van der Waals surface area contributed by atoms with Gasteiger partial charge in [0.25, 0.3) is 0 Å². The number of piperidine rings is 1. The molecular weight excluding hydrogens is 460 g/mol. The van der Waals surface area contributed by atoms with Gasteiger partial charge in [0.15, 0.2) is 0 Å². The molecule has 2 aliphatic carbocycles. The summed E-state index contributed by atoms with van der Waals surface area (Å²) < 4.78 is 1.57. The van der Waals surface area contributed by atoms with Crippen LogP contribution in [-0.2, 0) is 4.79 Å². The maximum Gasteiger partial charge on any atom is 0.353 e. The first-order valence-electron chi connectivity index (χ1n) is 13.0. The van der Waals surface area contributed by atoms with Crippen molar-refractivity contribution in [2.45, 2.75) is 50.6 Å². The van der Waals surface area contributed by atoms with Crippen LogP contribution in [0.5, 0.6) is 0 Å². The lowest BCUT2D eigenvalue weighted by Gasteiger charge is -2.37. The Balaban J connectivity index is 1.12. The van der Waals surface area contributed by atoms with Crippen molar-refractivity contribution in [2.75, 3.05) is 51.1 Å². The summed E-state index contributed by atoms with van der Waals surface area (Å²) in [6.45, 7) is 8.19. The predicted octanol–water partition coefficient (Wildman–Crippen LogP) is 0.331. The van der Waals surface area contributed by atoms with E-state index in [-0.39, 0.29) is 23.3 Å². The van der Waals surface area contributed by atoms with Gasteiger partial charge in [-0.3, -0.25) is 14.7 Å². The average Bonchev–Trinajstić information content (AvgIpc) is 3.35. The second-order valence-electron chi connectivity index (χ2n) is 11.6. The number of fused-ring (bicyclic) bond motifs is 1. The topological polar surface area (TPSA) is 143 Å². The van der Waals surface area contributed by atoms with Gasteiger partial charge in [0.1, 0.15) is 5.82 Å². The van der Waals surface area contributed by atoms with Crippen LogP contribution in [-0.4, -0.2) is 93.1 Å². The van der Waals surface area contributed by atoms with Crippen LogP contribution in [0.4, 0.5) is 10.6 Å². The van der Waals surface area contributed by atoms with Crippen LogP contribution in [0.2, 0.25) is 0 Å². The van der Waals surface area contributed by atoms with Crippen LogP contribution in [0.25, 0.3) is 5.70 Å². The molecule has 3 atom stereocenters. The molecule has 0 aromatic carbocycles. The second-order valence-corrected chi connectivity index (χ2v) is 11.6. The van der Waals surface area contributed by atoms with Gasteiger partial charge < -0.3 is 26.2 Å². The third-order valence-electron chi connectivity index (χ3n) is 8.04. The number of carbonyl (C=O) groups is 2. The molecule has 1 aromatic heterocycles. The molecule has 3 heterocycles. The van der Waals surface area contributed by atoms with Gasteiger partial charge in [-0.25, -0.2) is 9.59 Å². The third-order valence-corrected chi connectivity index (χ3v) is 8.04. The molecule has 1 aromatic rings. The van der Waals surface area contributed by atoms with Crippen molar-refractivity contribution in [3.8, 4) is 0 Å². The van der Waals surface area contributed by atoms with Gasteiger partial charge in [-0.2, -0.15) is 4.98 Å². The lowest BCUT2D eigenvalue weighted by Crippen LogP contribution is -2.58. The molecule has 0 radical (unpaired) electrons. The highest BCUT2D eigenvalue weighted by Crippen LogP contribution is 2.47. The largest absolute Gasteiger partial charge is 0.353 e. The fourth-order valence-corrected chi connectivity index (χ4v) is 5.80. The van der Waals surface area contributed by atoms with Crippen LogP contribution in [0, 0.1) is 11.8 Å². The van der Waals surface area contributed by atoms with Crippen molar-refractivity contribution >= 4 is 23.5 Å². The third kappa shape index (κ3) is 5.18. The number of hydrogen-bond acceptors (Lipinski definition) is 7. The van der Waals surface area contributed by atoms with Crippen molar-refractivity contribution in [3.63, 3.8) is 0 Å². The van der Waals surface area contributed by atoms with E-state index in [1.54, 1.807) is 40.5 Å². The van der Waals surface area contributed by atoms with E-state index in [4.69, 9.17) is 11.5 Å². The number of anilines is 1. The zero-order valence-electron chi connectivity index (χ0n) is 21.3. The van der Waals surface area contributed by atoms with Gasteiger partial charge in [-0.05, 0) is 57.4 Å². The van der Waals surface area contributed by atoms with Gasteiger partial charge >= 0.3 is 11.7 Å². The molecule has 36 heavy (non-hydrogen) atoms. The fourth-order valence-electron chi connectivity index (χ4n) is 5.80. The standard InChI is InChI=1S/C25H38N8O3/c1-24(2,26)21(34)31-9-11-32(12-10-31)22(35)28-20-7-8-33(23(36)29-20)19-5-3-17(4-6-19)14-30-15-18-13-25(18,27)16-30/h5,7-8,17-18H,3-4,6,9-16,26-27H2,1-2H3,(H,28,29,35,36). The van der Waals surface area contributed by atoms with Gasteiger partial charge in [0.2, 0.25) is 5.91 Å². The number of nitrogens with one attached hydrogen (secondary N) is 1. The maximum atomic E-state index is 12.7. The number of carbonyl (C=O) groups excluding carboxylic acids is 2. The zero-order valence-corrected chi connectivity index (χ0v) is 21.3. The van der Waals surface area contributed by atoms with Crippen LogP contribution >= 0.6 is 0 Å². The minimum atomic E-state index is -0.935. The number of piperazine rings is 1. The lowest BCUT2D eigenvalue weighted by atomic mass is 9.92.